The van der Waals surface area contributed by atoms with Gasteiger partial charge >= 0.3 is 0 Å². The molecule has 1 saturated heterocycles. The van der Waals surface area contributed by atoms with Crippen LogP contribution in [0, 0.1) is 5.41 Å². The number of rotatable bonds is 1. The van der Waals surface area contributed by atoms with Crippen LogP contribution >= 0.6 is 0 Å². The van der Waals surface area contributed by atoms with Crippen LogP contribution in [0.25, 0.3) is 0 Å². The average molecular weight is 258 g/mol. The summed E-state index contributed by atoms with van der Waals surface area (Å²) in [5.74, 6) is 0. The maximum absolute atomic E-state index is 3.53. The van der Waals surface area contributed by atoms with Crippen molar-refractivity contribution < 1.29 is 0 Å². The smallest absolute Gasteiger partial charge is 0.0414 e. The highest BCUT2D eigenvalue weighted by Crippen LogP contribution is 2.34. The van der Waals surface area contributed by atoms with E-state index in [4.69, 9.17) is 0 Å². The number of nitrogens with one attached hydrogen (secondary N) is 1. The summed E-state index contributed by atoms with van der Waals surface area (Å²) in [6, 6.07) is 6.88. The molecule has 2 aliphatic heterocycles. The van der Waals surface area contributed by atoms with E-state index in [1.165, 1.54) is 44.5 Å². The molecule has 3 rings (SSSR count). The number of fused-ring (bicyclic) bond motifs is 1. The van der Waals surface area contributed by atoms with Gasteiger partial charge in [0.25, 0.3) is 0 Å². The Bertz CT molecular complexity index is 451. The Kier molecular flexibility index (Phi) is 3.53. The van der Waals surface area contributed by atoms with Gasteiger partial charge in [-0.05, 0) is 54.8 Å². The molecule has 1 fully saturated rings. The second-order valence-electron chi connectivity index (χ2n) is 6.85. The number of benzene rings is 1. The summed E-state index contributed by atoms with van der Waals surface area (Å²) in [6.07, 6.45) is 5.17. The van der Waals surface area contributed by atoms with Crippen LogP contribution < -0.4 is 10.2 Å². The lowest BCUT2D eigenvalue weighted by Gasteiger charge is -2.29. The number of anilines is 1. The van der Waals surface area contributed by atoms with Crippen molar-refractivity contribution in [2.24, 2.45) is 5.41 Å². The van der Waals surface area contributed by atoms with Gasteiger partial charge in [-0.3, -0.25) is 0 Å². The molecule has 2 heteroatoms. The number of hydrogen-bond acceptors (Lipinski definition) is 2. The highest BCUT2D eigenvalue weighted by molar-refractivity contribution is 5.57. The van der Waals surface area contributed by atoms with Gasteiger partial charge in [0.05, 0.1) is 0 Å². The molecule has 2 aliphatic rings. The Labute approximate surface area is 117 Å². The molecule has 0 radical (unpaired) electrons. The van der Waals surface area contributed by atoms with E-state index < -0.39 is 0 Å². The SMILES string of the molecule is CC1(C)CCCN(c2cccc3c2CNCC3)CC1. The Morgan fingerprint density at radius 3 is 2.95 bits per heavy atom. The summed E-state index contributed by atoms with van der Waals surface area (Å²) >= 11 is 0. The van der Waals surface area contributed by atoms with Crippen molar-refractivity contribution in [1.29, 1.82) is 0 Å². The average Bonchev–Trinajstić information content (AvgIpc) is 2.59. The van der Waals surface area contributed by atoms with Gasteiger partial charge in [0.15, 0.2) is 0 Å². The summed E-state index contributed by atoms with van der Waals surface area (Å²) in [5, 5.41) is 3.53. The van der Waals surface area contributed by atoms with Crippen molar-refractivity contribution in [1.82, 2.24) is 5.32 Å². The minimum Gasteiger partial charge on any atom is -0.371 e. The fraction of sp³-hybridized carbons (Fsp3) is 0.647. The first-order valence-electron chi connectivity index (χ1n) is 7.72. The first-order valence-corrected chi connectivity index (χ1v) is 7.72. The van der Waals surface area contributed by atoms with E-state index in [-0.39, 0.29) is 0 Å². The third kappa shape index (κ3) is 2.79. The Morgan fingerprint density at radius 1 is 1.16 bits per heavy atom. The Hall–Kier alpha value is -1.02. The van der Waals surface area contributed by atoms with Crippen LogP contribution in [0.15, 0.2) is 18.2 Å². The van der Waals surface area contributed by atoms with Crippen LogP contribution in [0.2, 0.25) is 0 Å². The van der Waals surface area contributed by atoms with Gasteiger partial charge < -0.3 is 10.2 Å². The van der Waals surface area contributed by atoms with E-state index >= 15 is 0 Å². The maximum Gasteiger partial charge on any atom is 0.0414 e. The first kappa shape index (κ1) is 13.0. The molecule has 1 aromatic carbocycles. The zero-order valence-electron chi connectivity index (χ0n) is 12.3. The molecule has 0 aliphatic carbocycles. The van der Waals surface area contributed by atoms with E-state index in [1.807, 2.05) is 0 Å². The van der Waals surface area contributed by atoms with Gasteiger partial charge in [0, 0.05) is 25.3 Å². The van der Waals surface area contributed by atoms with E-state index in [2.05, 4.69) is 42.3 Å². The summed E-state index contributed by atoms with van der Waals surface area (Å²) in [5.41, 5.74) is 5.11. The van der Waals surface area contributed by atoms with Crippen LogP contribution in [-0.4, -0.2) is 19.6 Å². The van der Waals surface area contributed by atoms with E-state index in [0.29, 0.717) is 5.41 Å². The fourth-order valence-electron chi connectivity index (χ4n) is 3.46. The molecule has 104 valence electrons. The van der Waals surface area contributed by atoms with Gasteiger partial charge in [-0.2, -0.15) is 0 Å². The minimum atomic E-state index is 0.516. The second kappa shape index (κ2) is 5.16. The van der Waals surface area contributed by atoms with Crippen molar-refractivity contribution in [3.05, 3.63) is 29.3 Å². The van der Waals surface area contributed by atoms with Crippen molar-refractivity contribution in [2.75, 3.05) is 24.5 Å². The maximum atomic E-state index is 3.53. The lowest BCUT2D eigenvalue weighted by Crippen LogP contribution is -2.30. The van der Waals surface area contributed by atoms with Crippen LogP contribution in [0.4, 0.5) is 5.69 Å². The predicted molar refractivity (Wildman–Crippen MR) is 81.7 cm³/mol. The molecule has 1 aromatic rings. The third-order valence-corrected chi connectivity index (χ3v) is 4.80. The summed E-state index contributed by atoms with van der Waals surface area (Å²) in [6.45, 7) is 9.44. The molecule has 0 spiro atoms. The van der Waals surface area contributed by atoms with Crippen molar-refractivity contribution in [2.45, 2.75) is 46.1 Å². The predicted octanol–water partition coefficient (Wildman–Crippen LogP) is 3.35. The zero-order valence-corrected chi connectivity index (χ0v) is 12.3. The largest absolute Gasteiger partial charge is 0.371 e. The van der Waals surface area contributed by atoms with Crippen LogP contribution in [0.1, 0.15) is 44.2 Å². The summed E-state index contributed by atoms with van der Waals surface area (Å²) in [4.78, 5) is 2.63. The van der Waals surface area contributed by atoms with Gasteiger partial charge in [-0.1, -0.05) is 26.0 Å². The molecular formula is C17H26N2. The van der Waals surface area contributed by atoms with Crippen LogP contribution in [0.5, 0.6) is 0 Å². The van der Waals surface area contributed by atoms with Gasteiger partial charge in [-0.25, -0.2) is 0 Å². The highest BCUT2D eigenvalue weighted by Gasteiger charge is 2.25. The van der Waals surface area contributed by atoms with Gasteiger partial charge in [0.1, 0.15) is 0 Å². The molecule has 2 heterocycles. The molecule has 1 N–H and O–H groups in total. The Balaban J connectivity index is 1.86. The second-order valence-corrected chi connectivity index (χ2v) is 6.85. The molecule has 0 aromatic heterocycles. The zero-order chi connectivity index (χ0) is 13.3. The molecule has 0 amide bonds. The topological polar surface area (TPSA) is 15.3 Å². The summed E-state index contributed by atoms with van der Waals surface area (Å²) < 4.78 is 0. The quantitative estimate of drug-likeness (QED) is 0.831. The van der Waals surface area contributed by atoms with Gasteiger partial charge in [-0.15, -0.1) is 0 Å². The lowest BCUT2D eigenvalue weighted by molar-refractivity contribution is 0.325. The molecule has 0 atom stereocenters. The highest BCUT2D eigenvalue weighted by atomic mass is 15.1. The molecule has 0 saturated carbocycles. The molecular weight excluding hydrogens is 232 g/mol. The normalized spacial score (nSPS) is 22.7. The van der Waals surface area contributed by atoms with Crippen molar-refractivity contribution in [3.8, 4) is 0 Å². The number of nitrogens with zero attached hydrogens (tertiary/aromatic N) is 1. The lowest BCUT2D eigenvalue weighted by atomic mass is 9.85. The first-order chi connectivity index (χ1) is 9.16. The standard InChI is InChI=1S/C17H26N2/c1-17(2)8-4-11-19(12-9-17)16-6-3-5-14-7-10-18-13-15(14)16/h3,5-6,18H,4,7-13H2,1-2H3. The molecule has 2 nitrogen and oxygen atoms in total. The van der Waals surface area contributed by atoms with E-state index in [1.54, 1.807) is 11.1 Å². The Morgan fingerprint density at radius 2 is 2.05 bits per heavy atom. The monoisotopic (exact) mass is 258 g/mol. The van der Waals surface area contributed by atoms with Crippen molar-refractivity contribution >= 4 is 5.69 Å². The molecule has 19 heavy (non-hydrogen) atoms. The van der Waals surface area contributed by atoms with E-state index in [9.17, 15) is 0 Å². The number of hydrogen-bond donors (Lipinski definition) is 1. The van der Waals surface area contributed by atoms with Crippen molar-refractivity contribution in [3.63, 3.8) is 0 Å². The molecule has 0 bridgehead atoms. The minimum absolute atomic E-state index is 0.516. The third-order valence-electron chi connectivity index (χ3n) is 4.80. The van der Waals surface area contributed by atoms with E-state index in [0.717, 1.165) is 13.1 Å². The van der Waals surface area contributed by atoms with Gasteiger partial charge in [0.2, 0.25) is 0 Å². The van der Waals surface area contributed by atoms with Crippen LogP contribution in [0.3, 0.4) is 0 Å². The molecule has 0 unspecified atom stereocenters. The fourth-order valence-corrected chi connectivity index (χ4v) is 3.46. The summed E-state index contributed by atoms with van der Waals surface area (Å²) in [7, 11) is 0. The van der Waals surface area contributed by atoms with Crippen LogP contribution in [-0.2, 0) is 13.0 Å².